The number of amides is 2. The number of nitrogens with one attached hydrogen (secondary N) is 1. The zero-order valence-electron chi connectivity index (χ0n) is 16.3. The SMILES string of the molecule is O=C(NC12CC3CC(CC(C3)C1)C2)N1CCC2(CC1)CC(O)(CO)CCO2. The third-order valence-electron chi connectivity index (χ3n) is 8.29. The second-order valence-electron chi connectivity index (χ2n) is 10.5. The minimum absolute atomic E-state index is 0.0550. The van der Waals surface area contributed by atoms with Gasteiger partial charge in [0.2, 0.25) is 0 Å². The molecule has 27 heavy (non-hydrogen) atoms. The molecule has 4 aliphatic carbocycles. The van der Waals surface area contributed by atoms with Crippen LogP contribution in [0.5, 0.6) is 0 Å². The van der Waals surface area contributed by atoms with Crippen molar-refractivity contribution < 1.29 is 19.7 Å². The van der Waals surface area contributed by atoms with E-state index in [9.17, 15) is 15.0 Å². The van der Waals surface area contributed by atoms with E-state index in [4.69, 9.17) is 4.74 Å². The van der Waals surface area contributed by atoms with E-state index in [-0.39, 0.29) is 23.8 Å². The summed E-state index contributed by atoms with van der Waals surface area (Å²) in [7, 11) is 0. The van der Waals surface area contributed by atoms with Gasteiger partial charge in [-0.3, -0.25) is 0 Å². The second-order valence-corrected chi connectivity index (χ2v) is 10.5. The van der Waals surface area contributed by atoms with Crippen molar-refractivity contribution in [2.45, 2.75) is 80.9 Å². The molecular formula is C21H34N2O4. The first-order valence-corrected chi connectivity index (χ1v) is 10.9. The number of hydrogen-bond acceptors (Lipinski definition) is 4. The standard InChI is InChI=1S/C21H34N2O4/c24-14-20(26)3-6-27-21(13-20)1-4-23(5-2-21)18(25)22-19-10-15-7-16(11-19)9-17(8-15)12-19/h15-17,24,26H,1-14H2,(H,22,25). The summed E-state index contributed by atoms with van der Waals surface area (Å²) >= 11 is 0. The number of likely N-dealkylation sites (tertiary alicyclic amines) is 1. The predicted octanol–water partition coefficient (Wildman–Crippen LogP) is 2.03. The number of rotatable bonds is 2. The molecule has 2 amide bonds. The number of urea groups is 1. The summed E-state index contributed by atoms with van der Waals surface area (Å²) in [5, 5.41) is 23.5. The van der Waals surface area contributed by atoms with Crippen LogP contribution in [0, 0.1) is 17.8 Å². The molecule has 6 rings (SSSR count). The molecule has 6 nitrogen and oxygen atoms in total. The van der Waals surface area contributed by atoms with Gasteiger partial charge < -0.3 is 25.2 Å². The molecule has 0 radical (unpaired) electrons. The fraction of sp³-hybridized carbons (Fsp3) is 0.952. The monoisotopic (exact) mass is 378 g/mol. The molecule has 6 heteroatoms. The van der Waals surface area contributed by atoms with Crippen LogP contribution >= 0.6 is 0 Å². The maximum atomic E-state index is 13.0. The van der Waals surface area contributed by atoms with E-state index in [1.54, 1.807) is 0 Å². The van der Waals surface area contributed by atoms with Gasteiger partial charge in [-0.1, -0.05) is 0 Å². The fourth-order valence-corrected chi connectivity index (χ4v) is 7.34. The lowest BCUT2D eigenvalue weighted by molar-refractivity contribution is -0.186. The third-order valence-corrected chi connectivity index (χ3v) is 8.29. The highest BCUT2D eigenvalue weighted by Crippen LogP contribution is 2.55. The van der Waals surface area contributed by atoms with E-state index in [1.807, 2.05) is 4.90 Å². The normalized spacial score (nSPS) is 45.3. The van der Waals surface area contributed by atoms with Crippen LogP contribution in [0.1, 0.15) is 64.2 Å². The van der Waals surface area contributed by atoms with E-state index >= 15 is 0 Å². The van der Waals surface area contributed by atoms with Crippen LogP contribution in [0.3, 0.4) is 0 Å². The molecule has 152 valence electrons. The maximum Gasteiger partial charge on any atom is 0.317 e. The molecule has 4 saturated carbocycles. The van der Waals surface area contributed by atoms with Crippen LogP contribution in [-0.4, -0.2) is 64.2 Å². The molecule has 0 aromatic rings. The molecule has 1 unspecified atom stereocenters. The van der Waals surface area contributed by atoms with Gasteiger partial charge in [-0.2, -0.15) is 0 Å². The minimum atomic E-state index is -1.03. The number of aliphatic hydroxyl groups excluding tert-OH is 1. The number of nitrogens with zero attached hydrogens (tertiary/aromatic N) is 1. The molecule has 1 atom stereocenters. The van der Waals surface area contributed by atoms with Gasteiger partial charge in [-0.25, -0.2) is 4.79 Å². The van der Waals surface area contributed by atoms with Gasteiger partial charge in [0.1, 0.15) is 0 Å². The fourth-order valence-electron chi connectivity index (χ4n) is 7.34. The Balaban J connectivity index is 1.20. The summed E-state index contributed by atoms with van der Waals surface area (Å²) < 4.78 is 6.04. The van der Waals surface area contributed by atoms with Gasteiger partial charge in [0, 0.05) is 31.5 Å². The lowest BCUT2D eigenvalue weighted by atomic mass is 9.53. The lowest BCUT2D eigenvalue weighted by Gasteiger charge is -2.57. The van der Waals surface area contributed by atoms with Crippen LogP contribution < -0.4 is 5.32 Å². The minimum Gasteiger partial charge on any atom is -0.393 e. The Morgan fingerprint density at radius 3 is 2.19 bits per heavy atom. The molecule has 2 saturated heterocycles. The van der Waals surface area contributed by atoms with Gasteiger partial charge >= 0.3 is 6.03 Å². The maximum absolute atomic E-state index is 13.0. The van der Waals surface area contributed by atoms with Crippen molar-refractivity contribution in [1.82, 2.24) is 10.2 Å². The molecule has 0 aromatic heterocycles. The van der Waals surface area contributed by atoms with Crippen molar-refractivity contribution >= 4 is 6.03 Å². The third kappa shape index (κ3) is 3.28. The molecule has 3 N–H and O–H groups in total. The van der Waals surface area contributed by atoms with Crippen LogP contribution in [0.2, 0.25) is 0 Å². The number of carbonyl (C=O) groups is 1. The zero-order chi connectivity index (χ0) is 18.7. The Morgan fingerprint density at radius 1 is 1.04 bits per heavy atom. The Kier molecular flexibility index (Phi) is 4.26. The quantitative estimate of drug-likeness (QED) is 0.687. The highest BCUT2D eigenvalue weighted by Gasteiger charge is 2.52. The Hall–Kier alpha value is -0.850. The molecule has 2 heterocycles. The average Bonchev–Trinajstić information content (AvgIpc) is 2.60. The summed E-state index contributed by atoms with van der Waals surface area (Å²) in [5.74, 6) is 2.48. The van der Waals surface area contributed by atoms with E-state index in [2.05, 4.69) is 5.32 Å². The largest absolute Gasteiger partial charge is 0.393 e. The summed E-state index contributed by atoms with van der Waals surface area (Å²) in [6.45, 7) is 1.60. The first kappa shape index (κ1) is 18.2. The van der Waals surface area contributed by atoms with Crippen molar-refractivity contribution in [3.8, 4) is 0 Å². The lowest BCUT2D eigenvalue weighted by Crippen LogP contribution is -2.63. The highest BCUT2D eigenvalue weighted by molar-refractivity contribution is 5.75. The van der Waals surface area contributed by atoms with Crippen LogP contribution in [0.4, 0.5) is 4.79 Å². The molecule has 6 aliphatic rings. The van der Waals surface area contributed by atoms with E-state index in [0.717, 1.165) is 30.6 Å². The highest BCUT2D eigenvalue weighted by atomic mass is 16.5. The smallest absolute Gasteiger partial charge is 0.317 e. The second kappa shape index (κ2) is 6.33. The van der Waals surface area contributed by atoms with E-state index < -0.39 is 5.60 Å². The Bertz CT molecular complexity index is 566. The number of ether oxygens (including phenoxy) is 1. The van der Waals surface area contributed by atoms with Gasteiger partial charge in [0.15, 0.2) is 0 Å². The first-order valence-electron chi connectivity index (χ1n) is 10.9. The number of aliphatic hydroxyl groups is 2. The molecule has 2 aliphatic heterocycles. The molecule has 6 fully saturated rings. The van der Waals surface area contributed by atoms with Crippen molar-refractivity contribution in [2.24, 2.45) is 17.8 Å². The predicted molar refractivity (Wildman–Crippen MR) is 100 cm³/mol. The van der Waals surface area contributed by atoms with Crippen molar-refractivity contribution in [3.63, 3.8) is 0 Å². The van der Waals surface area contributed by atoms with Crippen molar-refractivity contribution in [2.75, 3.05) is 26.3 Å². The Morgan fingerprint density at radius 2 is 1.63 bits per heavy atom. The number of piperidine rings is 1. The van der Waals surface area contributed by atoms with Crippen molar-refractivity contribution in [1.29, 1.82) is 0 Å². The van der Waals surface area contributed by atoms with Crippen molar-refractivity contribution in [3.05, 3.63) is 0 Å². The summed E-state index contributed by atoms with van der Waals surface area (Å²) in [6.07, 6.45) is 10.1. The van der Waals surface area contributed by atoms with E-state index in [0.29, 0.717) is 32.5 Å². The Labute approximate surface area is 161 Å². The van der Waals surface area contributed by atoms with Gasteiger partial charge in [-0.05, 0) is 69.1 Å². The van der Waals surface area contributed by atoms with Crippen LogP contribution in [-0.2, 0) is 4.74 Å². The zero-order valence-corrected chi connectivity index (χ0v) is 16.3. The molecular weight excluding hydrogens is 344 g/mol. The van der Waals surface area contributed by atoms with Gasteiger partial charge in [0.05, 0.1) is 24.4 Å². The summed E-state index contributed by atoms with van der Waals surface area (Å²) in [5.41, 5.74) is -1.35. The van der Waals surface area contributed by atoms with Crippen LogP contribution in [0.15, 0.2) is 0 Å². The summed E-state index contributed by atoms with van der Waals surface area (Å²) in [6, 6.07) is 0.0972. The van der Waals surface area contributed by atoms with Gasteiger partial charge in [0.25, 0.3) is 0 Å². The molecule has 1 spiro atoms. The van der Waals surface area contributed by atoms with Gasteiger partial charge in [-0.15, -0.1) is 0 Å². The molecule has 0 aromatic carbocycles. The first-order chi connectivity index (χ1) is 12.9. The number of carbonyl (C=O) groups excluding carboxylic acids is 1. The summed E-state index contributed by atoms with van der Waals surface area (Å²) in [4.78, 5) is 15.0. The topological polar surface area (TPSA) is 82.0 Å². The molecule has 4 bridgehead atoms. The van der Waals surface area contributed by atoms with E-state index in [1.165, 1.54) is 38.5 Å². The number of hydrogen-bond donors (Lipinski definition) is 3. The van der Waals surface area contributed by atoms with Crippen LogP contribution in [0.25, 0.3) is 0 Å². The average molecular weight is 379 g/mol.